The van der Waals surface area contributed by atoms with Gasteiger partial charge < -0.3 is 4.42 Å². The Morgan fingerprint density at radius 2 is 2.00 bits per heavy atom. The first kappa shape index (κ1) is 12.4. The molecule has 28 heavy (non-hydrogen) atoms. The van der Waals surface area contributed by atoms with Crippen molar-refractivity contribution in [1.29, 1.82) is 0 Å². The van der Waals surface area contributed by atoms with E-state index in [-0.39, 0.29) is 23.2 Å². The van der Waals surface area contributed by atoms with Crippen molar-refractivity contribution in [3.05, 3.63) is 70.2 Å². The maximum atomic E-state index is 9.01. The van der Waals surface area contributed by atoms with Crippen LogP contribution in [0, 0.1) is 27.3 Å². The van der Waals surface area contributed by atoms with E-state index in [1.165, 1.54) is 0 Å². The van der Waals surface area contributed by atoms with E-state index in [1.807, 2.05) is 0 Å². The summed E-state index contributed by atoms with van der Waals surface area (Å²) >= 11 is 0. The van der Waals surface area contributed by atoms with Crippen LogP contribution in [0.3, 0.4) is 0 Å². The highest BCUT2D eigenvalue weighted by Crippen LogP contribution is 2.40. The van der Waals surface area contributed by atoms with Crippen molar-refractivity contribution in [2.75, 3.05) is 0 Å². The Kier molecular flexibility index (Phi) is 2.87. The van der Waals surface area contributed by atoms with E-state index in [0.717, 1.165) is 0 Å². The van der Waals surface area contributed by atoms with Crippen molar-refractivity contribution in [3.8, 4) is 11.3 Å². The molecule has 0 N–H and O–H groups in total. The van der Waals surface area contributed by atoms with Crippen molar-refractivity contribution < 1.29 is 17.2 Å². The SMILES string of the molecule is [2H]c1c(C([2H])(C)C)c([2H])c(-c2c(C)cc(C([2H])([2H])[2H])c3c2oc2cc([N+]#[C-])ccc23)[n+](C)c1C. The largest absolute Gasteiger partial charge is 0.456 e. The Labute approximate surface area is 174 Å². The number of fused-ring (bicyclic) bond motifs is 3. The number of hydrogen-bond donors (Lipinski definition) is 0. The number of rotatable bonds is 2. The maximum Gasteiger partial charge on any atom is 0.216 e. The molecule has 0 saturated heterocycles. The lowest BCUT2D eigenvalue weighted by Crippen LogP contribution is -2.35. The molecule has 0 radical (unpaired) electrons. The van der Waals surface area contributed by atoms with Gasteiger partial charge in [0.05, 0.1) is 14.9 Å². The van der Waals surface area contributed by atoms with Crippen LogP contribution in [-0.2, 0) is 7.05 Å². The quantitative estimate of drug-likeness (QED) is 0.283. The molecule has 0 bridgehead atoms. The number of pyridine rings is 1. The average molecular weight is 376 g/mol. The molecule has 0 aliphatic carbocycles. The first-order chi connectivity index (χ1) is 15.7. The zero-order valence-corrected chi connectivity index (χ0v) is 16.6. The Morgan fingerprint density at radius 3 is 2.68 bits per heavy atom. The standard InChI is InChI=1S/C25H25N2O/c1-14(2)18-11-17(5)27(7)21(12-18)24-16(4)10-15(3)23-20-9-8-19(26-6)13-22(20)28-25(23)24/h8-14H,1-5,7H3/q+1/i3D3,11D,12D,14D. The van der Waals surface area contributed by atoms with Crippen LogP contribution in [0.25, 0.3) is 38.0 Å². The molecule has 4 rings (SSSR count). The summed E-state index contributed by atoms with van der Waals surface area (Å²) in [7, 11) is 1.75. The van der Waals surface area contributed by atoms with Crippen molar-refractivity contribution in [2.45, 2.75) is 40.4 Å². The Bertz CT molecular complexity index is 1530. The molecule has 2 aromatic carbocycles. The van der Waals surface area contributed by atoms with Crippen molar-refractivity contribution >= 4 is 27.6 Å². The van der Waals surface area contributed by atoms with Gasteiger partial charge in [0, 0.05) is 35.3 Å². The fourth-order valence-corrected chi connectivity index (χ4v) is 3.58. The van der Waals surface area contributed by atoms with Crippen LogP contribution in [0.1, 0.15) is 50.4 Å². The van der Waals surface area contributed by atoms with Gasteiger partial charge in [-0.2, -0.15) is 4.57 Å². The van der Waals surface area contributed by atoms with Crippen LogP contribution in [0.15, 0.2) is 40.8 Å². The predicted octanol–water partition coefficient (Wildman–Crippen LogP) is 6.68. The molecule has 0 saturated carbocycles. The first-order valence-electron chi connectivity index (χ1n) is 12.1. The average Bonchev–Trinajstić information content (AvgIpc) is 3.09. The van der Waals surface area contributed by atoms with Crippen molar-refractivity contribution in [2.24, 2.45) is 7.05 Å². The van der Waals surface area contributed by atoms with E-state index in [4.69, 9.17) is 19.2 Å². The molecule has 4 aromatic rings. The summed E-state index contributed by atoms with van der Waals surface area (Å²) in [5.41, 5.74) is 3.71. The summed E-state index contributed by atoms with van der Waals surface area (Å²) in [4.78, 5) is 3.45. The lowest BCUT2D eigenvalue weighted by Gasteiger charge is -2.12. The fraction of sp³-hybridized carbons (Fsp3) is 0.280. The van der Waals surface area contributed by atoms with E-state index in [9.17, 15) is 0 Å². The van der Waals surface area contributed by atoms with E-state index >= 15 is 0 Å². The number of benzene rings is 2. The lowest BCUT2D eigenvalue weighted by molar-refractivity contribution is -0.666. The zero-order valence-electron chi connectivity index (χ0n) is 22.6. The number of furan rings is 1. The molecular formula is C25H25N2O+. The third-order valence-electron chi connectivity index (χ3n) is 5.18. The Balaban J connectivity index is 2.27. The van der Waals surface area contributed by atoms with Crippen LogP contribution >= 0.6 is 0 Å². The van der Waals surface area contributed by atoms with Crippen LogP contribution in [0.4, 0.5) is 5.69 Å². The summed E-state index contributed by atoms with van der Waals surface area (Å²) in [5, 5.41) is 1.00. The molecule has 0 aliphatic heterocycles. The lowest BCUT2D eigenvalue weighted by atomic mass is 9.94. The highest BCUT2D eigenvalue weighted by molar-refractivity contribution is 6.12. The van der Waals surface area contributed by atoms with Gasteiger partial charge in [0.25, 0.3) is 0 Å². The third kappa shape index (κ3) is 2.68. The first-order valence-corrected chi connectivity index (χ1v) is 9.07. The summed E-state index contributed by atoms with van der Waals surface area (Å²) in [6.07, 6.45) is 0. The van der Waals surface area contributed by atoms with Gasteiger partial charge in [-0.05, 0) is 42.4 Å². The maximum absolute atomic E-state index is 9.01. The fourth-order valence-electron chi connectivity index (χ4n) is 3.58. The summed E-state index contributed by atoms with van der Waals surface area (Å²) in [5.74, 6) is -1.19. The second-order valence-electron chi connectivity index (χ2n) is 7.33. The van der Waals surface area contributed by atoms with Gasteiger partial charge in [0.15, 0.2) is 11.4 Å². The Morgan fingerprint density at radius 1 is 1.21 bits per heavy atom. The van der Waals surface area contributed by atoms with Crippen LogP contribution in [-0.4, -0.2) is 0 Å². The second kappa shape index (κ2) is 6.49. The van der Waals surface area contributed by atoms with Gasteiger partial charge in [-0.15, -0.1) is 0 Å². The Hall–Kier alpha value is -3.12. The molecule has 2 aromatic heterocycles. The third-order valence-corrected chi connectivity index (χ3v) is 5.18. The molecule has 3 nitrogen and oxygen atoms in total. The molecule has 0 unspecified atom stereocenters. The number of aromatic nitrogens is 1. The minimum Gasteiger partial charge on any atom is -0.456 e. The topological polar surface area (TPSA) is 21.4 Å². The molecule has 2 heterocycles. The number of hydrogen-bond acceptors (Lipinski definition) is 1. The molecule has 0 atom stereocenters. The van der Waals surface area contributed by atoms with Gasteiger partial charge in [0.2, 0.25) is 5.69 Å². The van der Waals surface area contributed by atoms with Crippen molar-refractivity contribution in [1.82, 2.24) is 0 Å². The smallest absolute Gasteiger partial charge is 0.216 e. The van der Waals surface area contributed by atoms with Gasteiger partial charge >= 0.3 is 0 Å². The highest BCUT2D eigenvalue weighted by atomic mass is 16.3. The zero-order chi connectivity index (χ0) is 25.3. The van der Waals surface area contributed by atoms with Gasteiger partial charge in [-0.25, -0.2) is 4.85 Å². The molecular weight excluding hydrogens is 344 g/mol. The van der Waals surface area contributed by atoms with Gasteiger partial charge in [-0.3, -0.25) is 0 Å². The van der Waals surface area contributed by atoms with Gasteiger partial charge in [0.1, 0.15) is 18.2 Å². The molecule has 3 heteroatoms. The van der Waals surface area contributed by atoms with Crippen LogP contribution in [0.2, 0.25) is 0 Å². The molecule has 140 valence electrons. The number of nitrogens with zero attached hydrogens (tertiary/aromatic N) is 2. The molecule has 0 amide bonds. The van der Waals surface area contributed by atoms with Crippen LogP contribution < -0.4 is 4.57 Å². The molecule has 0 spiro atoms. The van der Waals surface area contributed by atoms with Crippen molar-refractivity contribution in [3.63, 3.8) is 0 Å². The van der Waals surface area contributed by atoms with Gasteiger partial charge in [-0.1, -0.05) is 32.0 Å². The summed E-state index contributed by atoms with van der Waals surface area (Å²) in [6.45, 7) is 11.8. The summed E-state index contributed by atoms with van der Waals surface area (Å²) < 4.78 is 58.5. The summed E-state index contributed by atoms with van der Waals surface area (Å²) in [6, 6.07) is 6.69. The second-order valence-corrected chi connectivity index (χ2v) is 7.33. The highest BCUT2D eigenvalue weighted by Gasteiger charge is 2.24. The molecule has 0 fully saturated rings. The van der Waals surface area contributed by atoms with E-state index in [0.29, 0.717) is 50.1 Å². The van der Waals surface area contributed by atoms with E-state index in [1.54, 1.807) is 63.6 Å². The monoisotopic (exact) mass is 375 g/mol. The van der Waals surface area contributed by atoms with E-state index in [2.05, 4.69) is 4.85 Å². The van der Waals surface area contributed by atoms with Crippen LogP contribution in [0.5, 0.6) is 0 Å². The molecule has 0 aliphatic rings. The minimum absolute atomic E-state index is 0.0337. The number of aryl methyl sites for hydroxylation is 2. The van der Waals surface area contributed by atoms with E-state index < -0.39 is 12.7 Å². The minimum atomic E-state index is -2.40. The normalized spacial score (nSPS) is 15.4. The predicted molar refractivity (Wildman–Crippen MR) is 115 cm³/mol.